The molecule has 4 aromatic rings. The first-order chi connectivity index (χ1) is 21.9. The number of morpholine rings is 1. The Labute approximate surface area is 263 Å². The van der Waals surface area contributed by atoms with Crippen molar-refractivity contribution in [3.8, 4) is 22.8 Å². The van der Waals surface area contributed by atoms with Crippen LogP contribution in [0.1, 0.15) is 38.6 Å². The molecule has 1 atom stereocenters. The molecular formula is C29H35ClF2N10O3. The zero-order valence-corrected chi connectivity index (χ0v) is 25.6. The van der Waals surface area contributed by atoms with E-state index >= 15 is 0 Å². The number of nitrogens with zero attached hydrogens (tertiary/aromatic N) is 9. The van der Waals surface area contributed by atoms with Crippen LogP contribution in [0.2, 0.25) is 5.02 Å². The summed E-state index contributed by atoms with van der Waals surface area (Å²) in [6.45, 7) is 5.07. The van der Waals surface area contributed by atoms with Crippen molar-refractivity contribution in [3.63, 3.8) is 0 Å². The van der Waals surface area contributed by atoms with E-state index in [4.69, 9.17) is 25.8 Å². The largest absolute Gasteiger partial charge is 0.487 e. The Morgan fingerprint density at radius 2 is 1.82 bits per heavy atom. The molecule has 45 heavy (non-hydrogen) atoms. The Hall–Kier alpha value is -3.95. The predicted molar refractivity (Wildman–Crippen MR) is 161 cm³/mol. The van der Waals surface area contributed by atoms with Gasteiger partial charge >= 0.3 is 0 Å². The number of hydrogen-bond acceptors (Lipinski definition) is 11. The summed E-state index contributed by atoms with van der Waals surface area (Å²) in [6.07, 6.45) is 7.70. The predicted octanol–water partition coefficient (Wildman–Crippen LogP) is 4.65. The standard InChI is InChI=1S/C29H35ClF2N10O3/c1-19(15-41-18-35-38-39-41)45-26-12-20(2-7-24(26)30)21-13-33-29(34-14-21)36-25-16-42(37-28(25)44-17-27(31)32)23-5-3-22(4-6-23)40-8-10-43-11-9-40/h2,7,12-14,16,18-19,22-23,27H,3-6,8-11,15,17H2,1H3,(H,33,34,36)/t19-,22-,23-/m0/s1. The molecule has 0 spiro atoms. The van der Waals surface area contributed by atoms with Crippen molar-refractivity contribution in [1.29, 1.82) is 0 Å². The van der Waals surface area contributed by atoms with Crippen LogP contribution in [0, 0.1) is 0 Å². The Balaban J connectivity index is 1.12. The molecule has 6 rings (SSSR count). The van der Waals surface area contributed by atoms with Gasteiger partial charge in [-0.05, 0) is 60.7 Å². The van der Waals surface area contributed by atoms with Gasteiger partial charge in [-0.2, -0.15) is 0 Å². The van der Waals surface area contributed by atoms with Gasteiger partial charge in [-0.3, -0.25) is 9.58 Å². The van der Waals surface area contributed by atoms with Crippen molar-refractivity contribution in [2.24, 2.45) is 0 Å². The minimum Gasteiger partial charge on any atom is -0.487 e. The van der Waals surface area contributed by atoms with Gasteiger partial charge in [0.1, 0.15) is 23.9 Å². The molecule has 1 aliphatic heterocycles. The molecule has 4 heterocycles. The first-order valence-electron chi connectivity index (χ1n) is 15.0. The first-order valence-corrected chi connectivity index (χ1v) is 15.4. The fraction of sp³-hybridized carbons (Fsp3) is 0.517. The lowest BCUT2D eigenvalue weighted by atomic mass is 9.90. The highest BCUT2D eigenvalue weighted by Crippen LogP contribution is 2.35. The summed E-state index contributed by atoms with van der Waals surface area (Å²) in [4.78, 5) is 11.4. The third-order valence-corrected chi connectivity index (χ3v) is 8.29. The summed E-state index contributed by atoms with van der Waals surface area (Å²) in [5.41, 5.74) is 1.96. The van der Waals surface area contributed by atoms with Crippen LogP contribution in [0.5, 0.6) is 11.6 Å². The molecule has 0 amide bonds. The van der Waals surface area contributed by atoms with E-state index in [0.717, 1.165) is 63.1 Å². The van der Waals surface area contributed by atoms with Gasteiger partial charge in [-0.1, -0.05) is 17.7 Å². The molecule has 1 aliphatic carbocycles. The van der Waals surface area contributed by atoms with E-state index in [1.807, 2.05) is 23.7 Å². The molecule has 1 saturated carbocycles. The van der Waals surface area contributed by atoms with Crippen LogP contribution < -0.4 is 14.8 Å². The molecule has 0 bridgehead atoms. The topological polar surface area (TPSA) is 130 Å². The third kappa shape index (κ3) is 8.02. The van der Waals surface area contributed by atoms with Crippen LogP contribution >= 0.6 is 11.6 Å². The van der Waals surface area contributed by atoms with E-state index in [1.54, 1.807) is 29.3 Å². The summed E-state index contributed by atoms with van der Waals surface area (Å²) in [5.74, 6) is 0.870. The van der Waals surface area contributed by atoms with Crippen molar-refractivity contribution in [2.75, 3.05) is 38.2 Å². The number of nitrogens with one attached hydrogen (secondary N) is 1. The van der Waals surface area contributed by atoms with E-state index in [-0.39, 0.29) is 24.0 Å². The van der Waals surface area contributed by atoms with Gasteiger partial charge in [-0.25, -0.2) is 23.4 Å². The highest BCUT2D eigenvalue weighted by atomic mass is 35.5. The maximum atomic E-state index is 13.0. The van der Waals surface area contributed by atoms with Crippen LogP contribution in [0.25, 0.3) is 11.1 Å². The zero-order chi connectivity index (χ0) is 31.2. The van der Waals surface area contributed by atoms with E-state index in [1.165, 1.54) is 6.33 Å². The lowest BCUT2D eigenvalue weighted by Gasteiger charge is -2.38. The number of ether oxygens (including phenoxy) is 3. The molecular weight excluding hydrogens is 610 g/mol. The molecule has 0 radical (unpaired) electrons. The molecule has 13 nitrogen and oxygen atoms in total. The summed E-state index contributed by atoms with van der Waals surface area (Å²) in [7, 11) is 0. The number of alkyl halides is 2. The maximum absolute atomic E-state index is 13.0. The number of halogens is 3. The minimum atomic E-state index is -2.63. The molecule has 1 saturated heterocycles. The van der Waals surface area contributed by atoms with Crippen LogP contribution in [-0.4, -0.2) is 96.3 Å². The lowest BCUT2D eigenvalue weighted by Crippen LogP contribution is -2.45. The van der Waals surface area contributed by atoms with Crippen LogP contribution in [0.15, 0.2) is 43.1 Å². The van der Waals surface area contributed by atoms with Gasteiger partial charge in [-0.15, -0.1) is 10.2 Å². The van der Waals surface area contributed by atoms with E-state index < -0.39 is 13.0 Å². The summed E-state index contributed by atoms with van der Waals surface area (Å²) in [5, 5.41) is 19.2. The zero-order valence-electron chi connectivity index (χ0n) is 24.8. The number of rotatable bonds is 12. The smallest absolute Gasteiger partial charge is 0.272 e. The fourth-order valence-electron chi connectivity index (χ4n) is 5.74. The Kier molecular flexibility index (Phi) is 9.96. The molecule has 3 aromatic heterocycles. The van der Waals surface area contributed by atoms with Crippen molar-refractivity contribution in [2.45, 2.75) is 63.8 Å². The minimum absolute atomic E-state index is 0.0913. The molecule has 2 fully saturated rings. The van der Waals surface area contributed by atoms with Crippen LogP contribution in [-0.2, 0) is 11.3 Å². The molecule has 1 N–H and O–H groups in total. The summed E-state index contributed by atoms with van der Waals surface area (Å²) >= 11 is 6.40. The third-order valence-electron chi connectivity index (χ3n) is 7.97. The molecule has 1 aromatic carbocycles. The monoisotopic (exact) mass is 644 g/mol. The van der Waals surface area contributed by atoms with Gasteiger partial charge in [0.05, 0.1) is 37.0 Å². The van der Waals surface area contributed by atoms with Gasteiger partial charge < -0.3 is 19.5 Å². The Bertz CT molecular complexity index is 1510. The first kappa shape index (κ1) is 31.0. The quantitative estimate of drug-likeness (QED) is 0.231. The average Bonchev–Trinajstić information content (AvgIpc) is 3.72. The van der Waals surface area contributed by atoms with E-state index in [0.29, 0.717) is 29.0 Å². The average molecular weight is 645 g/mol. The number of anilines is 2. The van der Waals surface area contributed by atoms with Crippen molar-refractivity contribution >= 4 is 23.2 Å². The Morgan fingerprint density at radius 3 is 2.53 bits per heavy atom. The van der Waals surface area contributed by atoms with Gasteiger partial charge in [0.15, 0.2) is 6.61 Å². The Morgan fingerprint density at radius 1 is 1.07 bits per heavy atom. The van der Waals surface area contributed by atoms with E-state index in [9.17, 15) is 8.78 Å². The van der Waals surface area contributed by atoms with Crippen LogP contribution in [0.3, 0.4) is 0 Å². The second-order valence-electron chi connectivity index (χ2n) is 11.2. The normalized spacial score (nSPS) is 19.8. The fourth-order valence-corrected chi connectivity index (χ4v) is 5.91. The SMILES string of the molecule is C[C@@H](Cn1cnnn1)Oc1cc(-c2cnc(Nc3cn([C@H]4CC[C@H](N5CCOCC5)CC4)nc3OCC(F)F)nc2)ccc1Cl. The second-order valence-corrected chi connectivity index (χ2v) is 11.6. The van der Waals surface area contributed by atoms with Gasteiger partial charge in [0.25, 0.3) is 12.3 Å². The van der Waals surface area contributed by atoms with Crippen molar-refractivity contribution < 1.29 is 23.0 Å². The second kappa shape index (κ2) is 14.4. The number of tetrazole rings is 1. The number of aromatic nitrogens is 8. The summed E-state index contributed by atoms with van der Waals surface area (Å²) in [6, 6.07) is 6.09. The highest BCUT2D eigenvalue weighted by Gasteiger charge is 2.29. The maximum Gasteiger partial charge on any atom is 0.272 e. The number of hydrogen-bond donors (Lipinski definition) is 1. The molecule has 16 heteroatoms. The van der Waals surface area contributed by atoms with Crippen molar-refractivity contribution in [1.82, 2.24) is 44.9 Å². The summed E-state index contributed by atoms with van der Waals surface area (Å²) < 4.78 is 46.4. The van der Waals surface area contributed by atoms with Gasteiger partial charge in [0, 0.05) is 37.1 Å². The van der Waals surface area contributed by atoms with E-state index in [2.05, 4.69) is 40.8 Å². The van der Waals surface area contributed by atoms with Gasteiger partial charge in [0.2, 0.25) is 5.95 Å². The number of benzene rings is 1. The molecule has 0 unspecified atom stereocenters. The molecule has 240 valence electrons. The lowest BCUT2D eigenvalue weighted by molar-refractivity contribution is 0.00500. The van der Waals surface area contributed by atoms with Crippen molar-refractivity contribution in [3.05, 3.63) is 48.1 Å². The van der Waals surface area contributed by atoms with Crippen LogP contribution in [0.4, 0.5) is 20.4 Å². The molecule has 2 aliphatic rings. The highest BCUT2D eigenvalue weighted by molar-refractivity contribution is 6.32.